The number of nitrogens with one attached hydrogen (secondary N) is 1. The molecule has 1 amide bonds. The van der Waals surface area contributed by atoms with E-state index in [1.54, 1.807) is 13.8 Å². The maximum atomic E-state index is 11.7. The molecular weight excluding hydrogens is 192 g/mol. The Morgan fingerprint density at radius 3 is 2.27 bits per heavy atom. The second-order valence-corrected chi connectivity index (χ2v) is 5.10. The number of amides is 1. The lowest BCUT2D eigenvalue weighted by Gasteiger charge is -2.28. The van der Waals surface area contributed by atoms with Crippen LogP contribution in [0.1, 0.15) is 34.1 Å². The van der Waals surface area contributed by atoms with Crippen LogP contribution < -0.4 is 11.1 Å². The molecule has 4 heteroatoms. The van der Waals surface area contributed by atoms with Crippen LogP contribution in [0.3, 0.4) is 0 Å². The molecule has 0 spiro atoms. The highest BCUT2D eigenvalue weighted by Crippen LogP contribution is 2.18. The monoisotopic (exact) mass is 216 g/mol. The number of hydrogen-bond acceptors (Lipinski definition) is 3. The van der Waals surface area contributed by atoms with Crippen molar-refractivity contribution in [1.29, 1.82) is 0 Å². The van der Waals surface area contributed by atoms with E-state index in [2.05, 4.69) is 19.2 Å². The Bertz CT molecular complexity index is 213. The molecule has 0 radical (unpaired) electrons. The molecule has 4 nitrogen and oxygen atoms in total. The van der Waals surface area contributed by atoms with Crippen LogP contribution in [0, 0.1) is 5.41 Å². The summed E-state index contributed by atoms with van der Waals surface area (Å²) in [6.45, 7) is 8.92. The maximum Gasteiger partial charge on any atom is 0.251 e. The Morgan fingerprint density at radius 2 is 1.87 bits per heavy atom. The summed E-state index contributed by atoms with van der Waals surface area (Å²) < 4.78 is 5.09. The van der Waals surface area contributed by atoms with Gasteiger partial charge in [-0.1, -0.05) is 13.8 Å². The molecular formula is C11H24N2O2. The van der Waals surface area contributed by atoms with Crippen molar-refractivity contribution in [2.75, 3.05) is 20.2 Å². The van der Waals surface area contributed by atoms with Crippen LogP contribution in [0.5, 0.6) is 0 Å². The maximum absolute atomic E-state index is 11.7. The van der Waals surface area contributed by atoms with E-state index in [1.165, 1.54) is 7.11 Å². The fraction of sp³-hybridized carbons (Fsp3) is 0.909. The van der Waals surface area contributed by atoms with Crippen molar-refractivity contribution in [3.8, 4) is 0 Å². The first kappa shape index (κ1) is 14.4. The van der Waals surface area contributed by atoms with Crippen LogP contribution in [-0.2, 0) is 9.53 Å². The molecule has 0 fully saturated rings. The number of methoxy groups -OCH3 is 1. The van der Waals surface area contributed by atoms with Gasteiger partial charge in [0.05, 0.1) is 0 Å². The van der Waals surface area contributed by atoms with Gasteiger partial charge in [-0.3, -0.25) is 4.79 Å². The Labute approximate surface area is 92.6 Å². The van der Waals surface area contributed by atoms with Crippen molar-refractivity contribution >= 4 is 5.91 Å². The minimum absolute atomic E-state index is 0.0359. The number of carbonyl (C=O) groups excluding carboxylic acids is 1. The lowest BCUT2D eigenvalue weighted by molar-refractivity contribution is -0.139. The van der Waals surface area contributed by atoms with Gasteiger partial charge in [0.25, 0.3) is 5.91 Å². The Kier molecular flexibility index (Phi) is 5.24. The van der Waals surface area contributed by atoms with Crippen molar-refractivity contribution in [2.45, 2.75) is 39.7 Å². The largest absolute Gasteiger partial charge is 0.369 e. The minimum atomic E-state index is -0.765. The summed E-state index contributed by atoms with van der Waals surface area (Å²) in [6, 6.07) is 0. The smallest absolute Gasteiger partial charge is 0.251 e. The van der Waals surface area contributed by atoms with Gasteiger partial charge in [-0.05, 0) is 32.2 Å². The molecule has 0 aromatic heterocycles. The summed E-state index contributed by atoms with van der Waals surface area (Å²) >= 11 is 0. The second kappa shape index (κ2) is 5.47. The highest BCUT2D eigenvalue weighted by molar-refractivity contribution is 5.84. The molecule has 3 N–H and O–H groups in total. The zero-order valence-corrected chi connectivity index (χ0v) is 10.5. The molecule has 0 rings (SSSR count). The van der Waals surface area contributed by atoms with Gasteiger partial charge in [0.1, 0.15) is 5.60 Å². The lowest BCUT2D eigenvalue weighted by Crippen LogP contribution is -2.46. The van der Waals surface area contributed by atoms with Crippen molar-refractivity contribution in [3.63, 3.8) is 0 Å². The molecule has 0 saturated heterocycles. The van der Waals surface area contributed by atoms with Gasteiger partial charge in [0, 0.05) is 13.7 Å². The van der Waals surface area contributed by atoms with Crippen LogP contribution in [0.25, 0.3) is 0 Å². The van der Waals surface area contributed by atoms with E-state index >= 15 is 0 Å². The number of nitrogens with two attached hydrogens (primary N) is 1. The van der Waals surface area contributed by atoms with Crippen molar-refractivity contribution in [2.24, 2.45) is 11.1 Å². The van der Waals surface area contributed by atoms with E-state index in [4.69, 9.17) is 10.5 Å². The average Bonchev–Trinajstić information content (AvgIpc) is 2.14. The third-order valence-corrected chi connectivity index (χ3v) is 2.61. The summed E-state index contributed by atoms with van der Waals surface area (Å²) in [7, 11) is 1.53. The first-order chi connectivity index (χ1) is 6.75. The topological polar surface area (TPSA) is 64.3 Å². The molecule has 0 saturated carbocycles. The quantitative estimate of drug-likeness (QED) is 0.693. The Balaban J connectivity index is 4.11. The first-order valence-electron chi connectivity index (χ1n) is 5.29. The van der Waals surface area contributed by atoms with Gasteiger partial charge in [0.15, 0.2) is 0 Å². The normalized spacial score (nSPS) is 12.7. The number of hydrogen-bond donors (Lipinski definition) is 2. The Morgan fingerprint density at radius 1 is 1.33 bits per heavy atom. The van der Waals surface area contributed by atoms with Gasteiger partial charge in [-0.25, -0.2) is 0 Å². The SMILES string of the molecule is COC(C)(C)C(=O)NCC(C)(C)CCN. The molecule has 0 bridgehead atoms. The number of rotatable bonds is 6. The molecule has 15 heavy (non-hydrogen) atoms. The summed E-state index contributed by atoms with van der Waals surface area (Å²) in [5, 5.41) is 2.88. The van der Waals surface area contributed by atoms with Crippen LogP contribution in [0.4, 0.5) is 0 Å². The predicted molar refractivity (Wildman–Crippen MR) is 61.6 cm³/mol. The first-order valence-corrected chi connectivity index (χ1v) is 5.29. The van der Waals surface area contributed by atoms with E-state index in [0.29, 0.717) is 13.1 Å². The summed E-state index contributed by atoms with van der Waals surface area (Å²) in [4.78, 5) is 11.7. The highest BCUT2D eigenvalue weighted by Gasteiger charge is 2.28. The molecule has 0 unspecified atom stereocenters. The highest BCUT2D eigenvalue weighted by atomic mass is 16.5. The van der Waals surface area contributed by atoms with E-state index < -0.39 is 5.60 Å². The lowest BCUT2D eigenvalue weighted by atomic mass is 9.89. The van der Waals surface area contributed by atoms with E-state index in [-0.39, 0.29) is 11.3 Å². The predicted octanol–water partition coefficient (Wildman–Crippen LogP) is 0.903. The number of carbonyl (C=O) groups is 1. The van der Waals surface area contributed by atoms with E-state index in [9.17, 15) is 4.79 Å². The molecule has 0 aromatic carbocycles. The fourth-order valence-corrected chi connectivity index (χ4v) is 1.10. The van der Waals surface area contributed by atoms with Gasteiger partial charge < -0.3 is 15.8 Å². The average molecular weight is 216 g/mol. The fourth-order valence-electron chi connectivity index (χ4n) is 1.10. The van der Waals surface area contributed by atoms with Gasteiger partial charge >= 0.3 is 0 Å². The minimum Gasteiger partial charge on any atom is -0.369 e. The standard InChI is InChI=1S/C11H24N2O2/c1-10(2,6-7-12)8-13-9(14)11(3,4)15-5/h6-8,12H2,1-5H3,(H,13,14). The van der Waals surface area contributed by atoms with Crippen molar-refractivity contribution in [3.05, 3.63) is 0 Å². The van der Waals surface area contributed by atoms with Crippen molar-refractivity contribution < 1.29 is 9.53 Å². The molecule has 0 aromatic rings. The summed E-state index contributed by atoms with van der Waals surface area (Å²) in [6.07, 6.45) is 0.890. The third kappa shape index (κ3) is 5.14. The summed E-state index contributed by atoms with van der Waals surface area (Å²) in [5.41, 5.74) is 4.77. The second-order valence-electron chi connectivity index (χ2n) is 5.10. The van der Waals surface area contributed by atoms with Crippen molar-refractivity contribution in [1.82, 2.24) is 5.32 Å². The van der Waals surface area contributed by atoms with Crippen LogP contribution in [-0.4, -0.2) is 31.7 Å². The van der Waals surface area contributed by atoms with Crippen LogP contribution in [0.2, 0.25) is 0 Å². The molecule has 0 atom stereocenters. The molecule has 0 aliphatic heterocycles. The third-order valence-electron chi connectivity index (χ3n) is 2.61. The Hall–Kier alpha value is -0.610. The molecule has 0 aliphatic rings. The molecule has 0 heterocycles. The zero-order valence-electron chi connectivity index (χ0n) is 10.5. The van der Waals surface area contributed by atoms with Gasteiger partial charge in [-0.2, -0.15) is 0 Å². The number of ether oxygens (including phenoxy) is 1. The van der Waals surface area contributed by atoms with Crippen LogP contribution >= 0.6 is 0 Å². The summed E-state index contributed by atoms with van der Waals surface area (Å²) in [5.74, 6) is -0.0879. The zero-order chi connectivity index (χ0) is 12.1. The van der Waals surface area contributed by atoms with Gasteiger partial charge in [-0.15, -0.1) is 0 Å². The van der Waals surface area contributed by atoms with E-state index in [0.717, 1.165) is 6.42 Å². The van der Waals surface area contributed by atoms with Gasteiger partial charge in [0.2, 0.25) is 0 Å². The van der Waals surface area contributed by atoms with Crippen LogP contribution in [0.15, 0.2) is 0 Å². The van der Waals surface area contributed by atoms with E-state index in [1.807, 2.05) is 0 Å². The molecule has 0 aliphatic carbocycles. The molecule has 90 valence electrons.